The van der Waals surface area contributed by atoms with E-state index in [2.05, 4.69) is 6.92 Å². The Morgan fingerprint density at radius 1 is 1.42 bits per heavy atom. The van der Waals surface area contributed by atoms with Crippen LogP contribution >= 0.6 is 0 Å². The first-order valence-corrected chi connectivity index (χ1v) is 3.75. The number of hydrogen-bond donors (Lipinski definition) is 0. The van der Waals surface area contributed by atoms with Crippen molar-refractivity contribution in [2.45, 2.75) is 13.0 Å². The van der Waals surface area contributed by atoms with Crippen LogP contribution in [-0.2, 0) is 9.53 Å². The quantitative estimate of drug-likeness (QED) is 0.624. The molecule has 1 rings (SSSR count). The molecule has 0 spiro atoms. The van der Waals surface area contributed by atoms with Crippen molar-refractivity contribution in [2.75, 3.05) is 0 Å². The summed E-state index contributed by atoms with van der Waals surface area (Å²) in [6, 6.07) is 9.43. The zero-order valence-electron chi connectivity index (χ0n) is 6.99. The molecule has 0 aliphatic carbocycles. The highest BCUT2D eigenvalue weighted by Gasteiger charge is 2.06. The molecule has 1 aromatic carbocycles. The predicted molar refractivity (Wildman–Crippen MR) is 46.3 cm³/mol. The van der Waals surface area contributed by atoms with Gasteiger partial charge in [0.2, 0.25) is 0 Å². The number of carbonyl (C=O) groups excluding carboxylic acids is 1. The van der Waals surface area contributed by atoms with Gasteiger partial charge in [0.15, 0.2) is 0 Å². The molecule has 0 fully saturated rings. The topological polar surface area (TPSA) is 26.3 Å². The van der Waals surface area contributed by atoms with Crippen molar-refractivity contribution in [3.05, 3.63) is 42.8 Å². The van der Waals surface area contributed by atoms with E-state index in [-0.39, 0.29) is 5.97 Å². The molecule has 0 heterocycles. The van der Waals surface area contributed by atoms with E-state index in [4.69, 9.17) is 4.74 Å². The van der Waals surface area contributed by atoms with Gasteiger partial charge in [-0.3, -0.25) is 4.79 Å². The molecule has 1 unspecified atom stereocenters. The molecular weight excluding hydrogens is 152 g/mol. The molecule has 0 aliphatic rings. The van der Waals surface area contributed by atoms with Crippen LogP contribution in [-0.4, -0.2) is 5.97 Å². The molecule has 0 saturated carbocycles. The molecule has 1 aromatic rings. The van der Waals surface area contributed by atoms with Gasteiger partial charge in [-0.2, -0.15) is 0 Å². The standard InChI is InChI=1S/C10H11O2/c1-8(12-9(2)11)10-6-4-3-5-7-10/h3-8H,1H2,2H3. The van der Waals surface area contributed by atoms with E-state index in [0.717, 1.165) is 5.56 Å². The average Bonchev–Trinajstić information content (AvgIpc) is 2.05. The first-order valence-electron chi connectivity index (χ1n) is 3.75. The van der Waals surface area contributed by atoms with Crippen molar-refractivity contribution in [2.24, 2.45) is 0 Å². The summed E-state index contributed by atoms with van der Waals surface area (Å²) < 4.78 is 4.89. The lowest BCUT2D eigenvalue weighted by Crippen LogP contribution is -2.04. The third-order valence-electron chi connectivity index (χ3n) is 1.48. The number of esters is 1. The van der Waals surface area contributed by atoms with E-state index >= 15 is 0 Å². The summed E-state index contributed by atoms with van der Waals surface area (Å²) >= 11 is 0. The smallest absolute Gasteiger partial charge is 0.303 e. The second-order valence-electron chi connectivity index (χ2n) is 2.51. The second-order valence-corrected chi connectivity index (χ2v) is 2.51. The first kappa shape index (κ1) is 8.78. The van der Waals surface area contributed by atoms with Crippen LogP contribution in [0.5, 0.6) is 0 Å². The minimum Gasteiger partial charge on any atom is -0.458 e. The highest BCUT2D eigenvalue weighted by Crippen LogP contribution is 2.14. The van der Waals surface area contributed by atoms with Gasteiger partial charge in [-0.15, -0.1) is 0 Å². The van der Waals surface area contributed by atoms with Crippen molar-refractivity contribution in [3.63, 3.8) is 0 Å². The van der Waals surface area contributed by atoms with Crippen LogP contribution in [0.2, 0.25) is 0 Å². The van der Waals surface area contributed by atoms with Crippen molar-refractivity contribution < 1.29 is 9.53 Å². The fraction of sp³-hybridized carbons (Fsp3) is 0.200. The number of carbonyl (C=O) groups is 1. The average molecular weight is 163 g/mol. The van der Waals surface area contributed by atoms with E-state index in [1.165, 1.54) is 6.92 Å². The highest BCUT2D eigenvalue weighted by molar-refractivity contribution is 5.66. The van der Waals surface area contributed by atoms with Gasteiger partial charge < -0.3 is 4.74 Å². The van der Waals surface area contributed by atoms with E-state index in [9.17, 15) is 4.79 Å². The Balaban J connectivity index is 2.65. The molecule has 12 heavy (non-hydrogen) atoms. The van der Waals surface area contributed by atoms with Crippen LogP contribution in [0.3, 0.4) is 0 Å². The van der Waals surface area contributed by atoms with Gasteiger partial charge >= 0.3 is 5.97 Å². The third-order valence-corrected chi connectivity index (χ3v) is 1.48. The SMILES string of the molecule is [CH2]C(OC(C)=O)c1ccccc1. The van der Waals surface area contributed by atoms with Gasteiger partial charge in [-0.1, -0.05) is 30.3 Å². The lowest BCUT2D eigenvalue weighted by molar-refractivity contribution is -0.144. The zero-order chi connectivity index (χ0) is 8.97. The van der Waals surface area contributed by atoms with Gasteiger partial charge in [0, 0.05) is 6.92 Å². The Hall–Kier alpha value is -1.31. The number of benzene rings is 1. The maximum absolute atomic E-state index is 10.6. The second kappa shape index (κ2) is 3.90. The Morgan fingerprint density at radius 2 is 2.00 bits per heavy atom. The summed E-state index contributed by atoms with van der Waals surface area (Å²) in [6.45, 7) is 5.08. The minimum atomic E-state index is -0.399. The molecule has 0 amide bonds. The maximum Gasteiger partial charge on any atom is 0.303 e. The number of rotatable bonds is 2. The lowest BCUT2D eigenvalue weighted by atomic mass is 10.1. The van der Waals surface area contributed by atoms with Crippen LogP contribution in [0, 0.1) is 6.92 Å². The van der Waals surface area contributed by atoms with Gasteiger partial charge in [-0.25, -0.2) is 0 Å². The monoisotopic (exact) mass is 163 g/mol. The Kier molecular flexibility index (Phi) is 2.86. The fourth-order valence-electron chi connectivity index (χ4n) is 0.936. The summed E-state index contributed by atoms with van der Waals surface area (Å²) in [5, 5.41) is 0. The summed E-state index contributed by atoms with van der Waals surface area (Å²) in [6.07, 6.45) is -0.399. The molecule has 63 valence electrons. The van der Waals surface area contributed by atoms with Gasteiger partial charge in [0.05, 0.1) is 0 Å². The molecule has 1 radical (unpaired) electrons. The molecular formula is C10H11O2. The molecule has 0 saturated heterocycles. The normalized spacial score (nSPS) is 12.2. The maximum atomic E-state index is 10.6. The van der Waals surface area contributed by atoms with Crippen molar-refractivity contribution in [3.8, 4) is 0 Å². The van der Waals surface area contributed by atoms with Crippen molar-refractivity contribution in [1.29, 1.82) is 0 Å². The van der Waals surface area contributed by atoms with Crippen LogP contribution in [0.15, 0.2) is 30.3 Å². The van der Waals surface area contributed by atoms with Crippen LogP contribution in [0.1, 0.15) is 18.6 Å². The van der Waals surface area contributed by atoms with E-state index in [0.29, 0.717) is 0 Å². The number of ether oxygens (including phenoxy) is 1. The first-order chi connectivity index (χ1) is 5.70. The molecule has 0 N–H and O–H groups in total. The molecule has 0 bridgehead atoms. The zero-order valence-corrected chi connectivity index (χ0v) is 6.99. The van der Waals surface area contributed by atoms with Gasteiger partial charge in [0.1, 0.15) is 6.10 Å². The highest BCUT2D eigenvalue weighted by atomic mass is 16.5. The Bertz CT molecular complexity index is 254. The Labute approximate surface area is 72.2 Å². The summed E-state index contributed by atoms with van der Waals surface area (Å²) in [5.74, 6) is -0.307. The third kappa shape index (κ3) is 2.38. The lowest BCUT2D eigenvalue weighted by Gasteiger charge is -2.10. The van der Waals surface area contributed by atoms with E-state index in [1.54, 1.807) is 0 Å². The van der Waals surface area contributed by atoms with Crippen LogP contribution in [0.25, 0.3) is 0 Å². The summed E-state index contributed by atoms with van der Waals surface area (Å²) in [7, 11) is 0. The van der Waals surface area contributed by atoms with Gasteiger partial charge in [0.25, 0.3) is 0 Å². The molecule has 2 heteroatoms. The van der Waals surface area contributed by atoms with Crippen LogP contribution < -0.4 is 0 Å². The molecule has 0 aliphatic heterocycles. The van der Waals surface area contributed by atoms with Gasteiger partial charge in [-0.05, 0) is 12.5 Å². The van der Waals surface area contributed by atoms with Crippen molar-refractivity contribution >= 4 is 5.97 Å². The van der Waals surface area contributed by atoms with E-state index in [1.807, 2.05) is 30.3 Å². The van der Waals surface area contributed by atoms with Crippen molar-refractivity contribution in [1.82, 2.24) is 0 Å². The van der Waals surface area contributed by atoms with E-state index < -0.39 is 6.10 Å². The number of hydrogen-bond acceptors (Lipinski definition) is 2. The molecule has 2 nitrogen and oxygen atoms in total. The summed E-state index contributed by atoms with van der Waals surface area (Å²) in [4.78, 5) is 10.6. The minimum absolute atomic E-state index is 0.307. The summed E-state index contributed by atoms with van der Waals surface area (Å²) in [5.41, 5.74) is 0.910. The molecule has 0 aromatic heterocycles. The molecule has 1 atom stereocenters. The largest absolute Gasteiger partial charge is 0.458 e. The Morgan fingerprint density at radius 3 is 2.50 bits per heavy atom. The fourth-order valence-corrected chi connectivity index (χ4v) is 0.936. The van der Waals surface area contributed by atoms with Crippen LogP contribution in [0.4, 0.5) is 0 Å². The predicted octanol–water partition coefficient (Wildman–Crippen LogP) is 2.12.